The van der Waals surface area contributed by atoms with Crippen molar-refractivity contribution in [2.24, 2.45) is 0 Å². The van der Waals surface area contributed by atoms with Gasteiger partial charge in [-0.1, -0.05) is 6.07 Å². The lowest BCUT2D eigenvalue weighted by molar-refractivity contribution is 1.09. The number of rotatable bonds is 2. The highest BCUT2D eigenvalue weighted by molar-refractivity contribution is 6.18. The minimum Gasteiger partial charge on any atom is -0.361 e. The molecule has 1 N–H and O–H groups in total. The molecule has 1 aromatic heterocycles. The van der Waals surface area contributed by atoms with Gasteiger partial charge in [-0.05, 0) is 48.4 Å². The molecule has 0 radical (unpaired) electrons. The number of benzene rings is 1. The van der Waals surface area contributed by atoms with E-state index in [1.807, 2.05) is 6.20 Å². The van der Waals surface area contributed by atoms with Crippen LogP contribution in [-0.4, -0.2) is 4.98 Å². The predicted molar refractivity (Wildman–Crippen MR) is 64.6 cm³/mol. The third kappa shape index (κ3) is 1.37. The normalized spacial score (nSPS) is 16.1. The van der Waals surface area contributed by atoms with E-state index in [1.54, 1.807) is 0 Å². The Morgan fingerprint density at radius 3 is 2.93 bits per heavy atom. The standard InChI is InChI=1S/C13H14ClN/c1-8-6-11(9-2-3-9)12(7-14)10-4-5-15-13(8)10/h4-6,9,15H,2-3,7H2,1H3. The van der Waals surface area contributed by atoms with Crippen molar-refractivity contribution in [1.29, 1.82) is 0 Å². The van der Waals surface area contributed by atoms with Crippen molar-refractivity contribution in [3.05, 3.63) is 35.0 Å². The zero-order valence-electron chi connectivity index (χ0n) is 8.81. The maximum absolute atomic E-state index is 6.08. The zero-order valence-corrected chi connectivity index (χ0v) is 9.56. The van der Waals surface area contributed by atoms with Crippen LogP contribution in [0.4, 0.5) is 0 Å². The third-order valence-electron chi connectivity index (χ3n) is 3.34. The van der Waals surface area contributed by atoms with Crippen LogP contribution in [0.25, 0.3) is 10.9 Å². The molecule has 0 amide bonds. The number of hydrogen-bond acceptors (Lipinski definition) is 0. The fourth-order valence-corrected chi connectivity index (χ4v) is 2.70. The van der Waals surface area contributed by atoms with Crippen molar-refractivity contribution in [1.82, 2.24) is 4.98 Å². The number of aryl methyl sites for hydroxylation is 1. The van der Waals surface area contributed by atoms with Gasteiger partial charge < -0.3 is 4.98 Å². The van der Waals surface area contributed by atoms with Crippen LogP contribution in [-0.2, 0) is 5.88 Å². The average Bonchev–Trinajstić information content (AvgIpc) is 2.96. The van der Waals surface area contributed by atoms with E-state index in [0.29, 0.717) is 5.88 Å². The topological polar surface area (TPSA) is 15.8 Å². The van der Waals surface area contributed by atoms with Gasteiger partial charge in [0.05, 0.1) is 0 Å². The molecule has 15 heavy (non-hydrogen) atoms. The van der Waals surface area contributed by atoms with E-state index in [0.717, 1.165) is 5.92 Å². The van der Waals surface area contributed by atoms with Crippen LogP contribution in [0.3, 0.4) is 0 Å². The van der Waals surface area contributed by atoms with Crippen LogP contribution in [0.1, 0.15) is 35.4 Å². The minimum atomic E-state index is 0.625. The number of halogens is 1. The fourth-order valence-electron chi connectivity index (χ4n) is 2.40. The second kappa shape index (κ2) is 3.28. The van der Waals surface area contributed by atoms with Crippen molar-refractivity contribution in [3.8, 4) is 0 Å². The second-order valence-corrected chi connectivity index (χ2v) is 4.70. The highest BCUT2D eigenvalue weighted by atomic mass is 35.5. The van der Waals surface area contributed by atoms with Crippen LogP contribution in [0.5, 0.6) is 0 Å². The lowest BCUT2D eigenvalue weighted by Gasteiger charge is -2.10. The smallest absolute Gasteiger partial charge is 0.0487 e. The summed E-state index contributed by atoms with van der Waals surface area (Å²) in [6, 6.07) is 4.46. The number of nitrogens with one attached hydrogen (secondary N) is 1. The lowest BCUT2D eigenvalue weighted by atomic mass is 9.97. The number of aromatic amines is 1. The summed E-state index contributed by atoms with van der Waals surface area (Å²) in [6.07, 6.45) is 4.67. The van der Waals surface area contributed by atoms with Gasteiger partial charge in [-0.2, -0.15) is 0 Å². The summed E-state index contributed by atoms with van der Waals surface area (Å²) < 4.78 is 0. The van der Waals surface area contributed by atoms with Gasteiger partial charge in [0.25, 0.3) is 0 Å². The van der Waals surface area contributed by atoms with E-state index in [-0.39, 0.29) is 0 Å². The summed E-state index contributed by atoms with van der Waals surface area (Å²) in [5.74, 6) is 1.40. The van der Waals surface area contributed by atoms with E-state index in [4.69, 9.17) is 11.6 Å². The van der Waals surface area contributed by atoms with Gasteiger partial charge in [0.2, 0.25) is 0 Å². The maximum Gasteiger partial charge on any atom is 0.0487 e. The molecule has 0 saturated heterocycles. The molecule has 1 saturated carbocycles. The molecule has 2 aromatic rings. The molecule has 2 heteroatoms. The van der Waals surface area contributed by atoms with Crippen LogP contribution < -0.4 is 0 Å². The quantitative estimate of drug-likeness (QED) is 0.733. The van der Waals surface area contributed by atoms with Gasteiger partial charge in [-0.3, -0.25) is 0 Å². The van der Waals surface area contributed by atoms with Gasteiger partial charge in [0, 0.05) is 23.0 Å². The van der Waals surface area contributed by atoms with Gasteiger partial charge >= 0.3 is 0 Å². The van der Waals surface area contributed by atoms with Crippen LogP contribution in [0.15, 0.2) is 18.3 Å². The lowest BCUT2D eigenvalue weighted by Crippen LogP contribution is -1.92. The Morgan fingerprint density at radius 2 is 2.27 bits per heavy atom. The highest BCUT2D eigenvalue weighted by Crippen LogP contribution is 2.44. The van der Waals surface area contributed by atoms with Crippen molar-refractivity contribution in [2.75, 3.05) is 0 Å². The van der Waals surface area contributed by atoms with Gasteiger partial charge in [0.15, 0.2) is 0 Å². The first-order valence-corrected chi connectivity index (χ1v) is 6.00. The van der Waals surface area contributed by atoms with Crippen molar-refractivity contribution in [2.45, 2.75) is 31.6 Å². The number of hydrogen-bond donors (Lipinski definition) is 1. The predicted octanol–water partition coefficient (Wildman–Crippen LogP) is 4.09. The number of alkyl halides is 1. The SMILES string of the molecule is Cc1cc(C2CC2)c(CCl)c2cc[nH]c12. The average molecular weight is 220 g/mol. The number of aromatic nitrogens is 1. The first kappa shape index (κ1) is 9.29. The summed E-state index contributed by atoms with van der Waals surface area (Å²) in [5, 5.41) is 1.31. The molecule has 1 aliphatic rings. The van der Waals surface area contributed by atoms with Gasteiger partial charge in [-0.25, -0.2) is 0 Å². The third-order valence-corrected chi connectivity index (χ3v) is 3.61. The molecule has 1 aromatic carbocycles. The number of H-pyrrole nitrogens is 1. The van der Waals surface area contributed by atoms with E-state index in [9.17, 15) is 0 Å². The highest BCUT2D eigenvalue weighted by Gasteiger charge is 2.27. The molecule has 0 aliphatic heterocycles. The van der Waals surface area contributed by atoms with Crippen LogP contribution >= 0.6 is 11.6 Å². The Bertz CT molecular complexity index is 508. The Labute approximate surface area is 94.4 Å². The molecular weight excluding hydrogens is 206 g/mol. The van der Waals surface area contributed by atoms with Crippen LogP contribution in [0.2, 0.25) is 0 Å². The minimum absolute atomic E-state index is 0.625. The molecule has 3 rings (SSSR count). The molecule has 1 fully saturated rings. The Morgan fingerprint density at radius 1 is 1.47 bits per heavy atom. The Kier molecular flexibility index (Phi) is 2.03. The zero-order chi connectivity index (χ0) is 10.4. The summed E-state index contributed by atoms with van der Waals surface area (Å²) in [7, 11) is 0. The van der Waals surface area contributed by atoms with E-state index in [2.05, 4.69) is 24.0 Å². The summed E-state index contributed by atoms with van der Waals surface area (Å²) in [6.45, 7) is 2.17. The van der Waals surface area contributed by atoms with E-state index < -0.39 is 0 Å². The maximum atomic E-state index is 6.08. The van der Waals surface area contributed by atoms with Gasteiger partial charge in [0.1, 0.15) is 0 Å². The summed E-state index contributed by atoms with van der Waals surface area (Å²) in [5.41, 5.74) is 5.40. The molecule has 1 heterocycles. The summed E-state index contributed by atoms with van der Waals surface area (Å²) >= 11 is 6.08. The molecule has 0 spiro atoms. The monoisotopic (exact) mass is 219 g/mol. The van der Waals surface area contributed by atoms with Crippen molar-refractivity contribution < 1.29 is 0 Å². The molecule has 1 aliphatic carbocycles. The molecular formula is C13H14ClN. The van der Waals surface area contributed by atoms with Crippen LogP contribution in [0, 0.1) is 6.92 Å². The molecule has 1 nitrogen and oxygen atoms in total. The molecule has 0 unspecified atom stereocenters. The van der Waals surface area contributed by atoms with E-state index >= 15 is 0 Å². The fraction of sp³-hybridized carbons (Fsp3) is 0.385. The van der Waals surface area contributed by atoms with Crippen molar-refractivity contribution >= 4 is 22.5 Å². The molecule has 0 bridgehead atoms. The molecule has 0 atom stereocenters. The van der Waals surface area contributed by atoms with Crippen molar-refractivity contribution in [3.63, 3.8) is 0 Å². The Hall–Kier alpha value is -0.950. The first-order valence-electron chi connectivity index (χ1n) is 5.46. The van der Waals surface area contributed by atoms with Gasteiger partial charge in [-0.15, -0.1) is 11.6 Å². The number of fused-ring (bicyclic) bond motifs is 1. The largest absolute Gasteiger partial charge is 0.361 e. The first-order chi connectivity index (χ1) is 7.31. The molecule has 78 valence electrons. The van der Waals surface area contributed by atoms with E-state index in [1.165, 1.54) is 40.4 Å². The Balaban J connectivity index is 2.33. The second-order valence-electron chi connectivity index (χ2n) is 4.44. The summed E-state index contributed by atoms with van der Waals surface area (Å²) in [4.78, 5) is 3.29.